The Hall–Kier alpha value is -1.98. The maximum absolute atomic E-state index is 12.6. The summed E-state index contributed by atoms with van der Waals surface area (Å²) in [6.45, 7) is 0.471. The molecule has 0 saturated carbocycles. The molecule has 8 nitrogen and oxygen atoms in total. The molecule has 3 aromatic rings. The maximum atomic E-state index is 12.6. The van der Waals surface area contributed by atoms with Crippen LogP contribution in [0.1, 0.15) is 17.3 Å². The number of carbonyl (C=O) groups is 1. The summed E-state index contributed by atoms with van der Waals surface area (Å²) in [5, 5.41) is 9.96. The molecule has 0 aliphatic carbocycles. The quantitative estimate of drug-likeness (QED) is 0.493. The van der Waals surface area contributed by atoms with Crippen molar-refractivity contribution >= 4 is 49.1 Å². The molecule has 1 atom stereocenters. The maximum Gasteiger partial charge on any atom is 0.233 e. The number of fused-ring (bicyclic) bond motifs is 1. The van der Waals surface area contributed by atoms with Gasteiger partial charge in [-0.25, -0.2) is 13.4 Å². The largest absolute Gasteiger partial charge is 0.338 e. The first-order valence-corrected chi connectivity index (χ1v) is 13.2. The second-order valence-electron chi connectivity index (χ2n) is 7.54. The van der Waals surface area contributed by atoms with Crippen molar-refractivity contribution < 1.29 is 13.2 Å². The second-order valence-corrected chi connectivity index (χ2v) is 11.8. The van der Waals surface area contributed by atoms with Crippen molar-refractivity contribution in [1.29, 1.82) is 0 Å². The van der Waals surface area contributed by atoms with Crippen LogP contribution in [-0.4, -0.2) is 63.3 Å². The van der Waals surface area contributed by atoms with E-state index in [1.54, 1.807) is 23.3 Å². The highest BCUT2D eigenvalue weighted by Gasteiger charge is 2.29. The van der Waals surface area contributed by atoms with Crippen LogP contribution in [0.2, 0.25) is 0 Å². The van der Waals surface area contributed by atoms with Crippen molar-refractivity contribution in [3.8, 4) is 0 Å². The van der Waals surface area contributed by atoms with E-state index in [9.17, 15) is 13.2 Å². The average molecular weight is 466 g/mol. The fourth-order valence-electron chi connectivity index (χ4n) is 3.45. The molecule has 0 unspecified atom stereocenters. The van der Waals surface area contributed by atoms with Gasteiger partial charge in [-0.15, -0.1) is 21.5 Å². The van der Waals surface area contributed by atoms with E-state index in [2.05, 4.69) is 15.2 Å². The predicted molar refractivity (Wildman–Crippen MR) is 118 cm³/mol. The van der Waals surface area contributed by atoms with Crippen LogP contribution >= 0.6 is 23.1 Å². The van der Waals surface area contributed by atoms with Crippen LogP contribution < -0.4 is 0 Å². The molecule has 1 amide bonds. The summed E-state index contributed by atoms with van der Waals surface area (Å²) in [5.41, 5.74) is 0.953. The number of carbonyl (C=O) groups excluding carboxylic acids is 1. The molecule has 0 spiro atoms. The van der Waals surface area contributed by atoms with E-state index in [1.165, 1.54) is 11.8 Å². The van der Waals surface area contributed by atoms with E-state index in [0.717, 1.165) is 21.0 Å². The van der Waals surface area contributed by atoms with E-state index < -0.39 is 9.84 Å². The molecule has 2 aromatic heterocycles. The van der Waals surface area contributed by atoms with Crippen LogP contribution in [0.15, 0.2) is 29.4 Å². The normalized spacial score (nSPS) is 18.1. The number of aromatic nitrogens is 4. The predicted octanol–water partition coefficient (Wildman–Crippen LogP) is 2.15. The van der Waals surface area contributed by atoms with Gasteiger partial charge in [0.1, 0.15) is 10.8 Å². The summed E-state index contributed by atoms with van der Waals surface area (Å²) in [6, 6.07) is 7.94. The van der Waals surface area contributed by atoms with Gasteiger partial charge in [-0.2, -0.15) is 0 Å². The Morgan fingerprint density at radius 1 is 1.33 bits per heavy atom. The third kappa shape index (κ3) is 4.84. The van der Waals surface area contributed by atoms with Crippen molar-refractivity contribution in [3.05, 3.63) is 35.1 Å². The molecule has 11 heteroatoms. The lowest BCUT2D eigenvalue weighted by atomic mass is 10.1. The zero-order valence-electron chi connectivity index (χ0n) is 16.8. The smallest absolute Gasteiger partial charge is 0.233 e. The van der Waals surface area contributed by atoms with Gasteiger partial charge in [0.05, 0.1) is 34.0 Å². The van der Waals surface area contributed by atoms with Gasteiger partial charge in [-0.05, 0) is 24.5 Å². The Labute approximate surface area is 183 Å². The first kappa shape index (κ1) is 21.3. The van der Waals surface area contributed by atoms with Crippen LogP contribution in [-0.2, 0) is 34.6 Å². The summed E-state index contributed by atoms with van der Waals surface area (Å²) >= 11 is 2.94. The number of sulfone groups is 1. The lowest BCUT2D eigenvalue weighted by Crippen LogP contribution is -2.27. The van der Waals surface area contributed by atoms with Gasteiger partial charge in [0.25, 0.3) is 0 Å². The fraction of sp³-hybridized carbons (Fsp3) is 0.474. The minimum absolute atomic E-state index is 0.00862. The van der Waals surface area contributed by atoms with Crippen LogP contribution in [0, 0.1) is 5.92 Å². The zero-order chi connectivity index (χ0) is 21.3. The number of amides is 1. The van der Waals surface area contributed by atoms with Gasteiger partial charge in [0.2, 0.25) is 5.91 Å². The molecule has 30 heavy (non-hydrogen) atoms. The van der Waals surface area contributed by atoms with Crippen LogP contribution in [0.25, 0.3) is 10.2 Å². The lowest BCUT2D eigenvalue weighted by molar-refractivity contribution is -0.127. The van der Waals surface area contributed by atoms with Crippen molar-refractivity contribution in [3.63, 3.8) is 0 Å². The first-order valence-electron chi connectivity index (χ1n) is 9.60. The molecule has 0 radical (unpaired) electrons. The van der Waals surface area contributed by atoms with Crippen molar-refractivity contribution in [1.82, 2.24) is 24.6 Å². The van der Waals surface area contributed by atoms with Crippen LogP contribution in [0.4, 0.5) is 0 Å². The summed E-state index contributed by atoms with van der Waals surface area (Å²) in [4.78, 5) is 18.8. The molecule has 1 aliphatic heterocycles. The topological polar surface area (TPSA) is 98.1 Å². The average Bonchev–Trinajstić information content (AvgIpc) is 3.37. The Balaban J connectivity index is 1.31. The number of nitrogens with zero attached hydrogens (tertiary/aromatic N) is 5. The molecule has 1 aromatic carbocycles. The number of para-hydroxylation sites is 1. The molecule has 4 rings (SSSR count). The van der Waals surface area contributed by atoms with Crippen LogP contribution in [0.5, 0.6) is 0 Å². The highest BCUT2D eigenvalue weighted by Crippen LogP contribution is 2.25. The Bertz CT molecular complexity index is 1140. The Morgan fingerprint density at radius 3 is 2.87 bits per heavy atom. The van der Waals surface area contributed by atoms with Gasteiger partial charge in [-0.1, -0.05) is 23.9 Å². The Morgan fingerprint density at radius 2 is 2.13 bits per heavy atom. The number of hydrogen-bond acceptors (Lipinski definition) is 8. The molecular formula is C19H23N5O3S3. The van der Waals surface area contributed by atoms with E-state index in [4.69, 9.17) is 0 Å². The molecule has 3 heterocycles. The van der Waals surface area contributed by atoms with Crippen molar-refractivity contribution in [2.75, 3.05) is 24.3 Å². The van der Waals surface area contributed by atoms with Crippen LogP contribution in [0.3, 0.4) is 0 Å². The number of rotatable bonds is 7. The Kier molecular flexibility index (Phi) is 6.12. The summed E-state index contributed by atoms with van der Waals surface area (Å²) < 4.78 is 26.3. The minimum atomic E-state index is -2.90. The van der Waals surface area contributed by atoms with E-state index in [-0.39, 0.29) is 29.1 Å². The third-order valence-electron chi connectivity index (χ3n) is 5.18. The molecule has 0 N–H and O–H groups in total. The third-order valence-corrected chi connectivity index (χ3v) is 9.05. The highest BCUT2D eigenvalue weighted by atomic mass is 32.2. The molecular weight excluding hydrogens is 442 g/mol. The molecule has 1 aliphatic rings. The van der Waals surface area contributed by atoms with E-state index in [1.807, 2.05) is 35.9 Å². The SMILES string of the molecule is CN(Cc1nc2ccccc2s1)C(=O)CSc1nnc(C[C@H]2CCS(=O)(=O)C2)n1C. The lowest BCUT2D eigenvalue weighted by Gasteiger charge is -2.15. The van der Waals surface area contributed by atoms with Gasteiger partial charge in [0.15, 0.2) is 15.0 Å². The first-order chi connectivity index (χ1) is 14.3. The molecule has 160 valence electrons. The van der Waals surface area contributed by atoms with Gasteiger partial charge in [-0.3, -0.25) is 4.79 Å². The minimum Gasteiger partial charge on any atom is -0.338 e. The van der Waals surface area contributed by atoms with Gasteiger partial charge < -0.3 is 9.47 Å². The zero-order valence-corrected chi connectivity index (χ0v) is 19.3. The number of benzene rings is 1. The molecule has 0 bridgehead atoms. The van der Waals surface area contributed by atoms with E-state index >= 15 is 0 Å². The second kappa shape index (κ2) is 8.64. The van der Waals surface area contributed by atoms with E-state index in [0.29, 0.717) is 24.5 Å². The number of hydrogen-bond donors (Lipinski definition) is 0. The molecule has 1 saturated heterocycles. The highest BCUT2D eigenvalue weighted by molar-refractivity contribution is 7.99. The molecule has 1 fully saturated rings. The van der Waals surface area contributed by atoms with Gasteiger partial charge in [0, 0.05) is 20.5 Å². The van der Waals surface area contributed by atoms with Gasteiger partial charge >= 0.3 is 0 Å². The number of thiazole rings is 1. The monoisotopic (exact) mass is 465 g/mol. The fourth-order valence-corrected chi connectivity index (χ4v) is 7.21. The van der Waals surface area contributed by atoms with Crippen molar-refractivity contribution in [2.45, 2.75) is 24.5 Å². The number of thioether (sulfide) groups is 1. The summed E-state index contributed by atoms with van der Waals surface area (Å²) in [5.74, 6) is 1.58. The van der Waals surface area contributed by atoms with Crippen molar-refractivity contribution in [2.24, 2.45) is 13.0 Å². The summed E-state index contributed by atoms with van der Waals surface area (Å²) in [6.07, 6.45) is 1.27. The summed E-state index contributed by atoms with van der Waals surface area (Å²) in [7, 11) is 0.729. The standard InChI is InChI=1S/C19H23N5O3S3/c1-23(10-17-20-14-5-3-4-6-15(14)29-17)18(25)11-28-19-22-21-16(24(19)2)9-13-7-8-30(26,27)12-13/h3-6,13H,7-12H2,1-2H3/t13-/m1/s1.